The average Bonchev–Trinajstić information content (AvgIpc) is 1.55. The predicted octanol–water partition coefficient (Wildman–Crippen LogP) is 0.582. The highest BCUT2D eigenvalue weighted by Gasteiger charge is 2.06. The highest BCUT2D eigenvalue weighted by molar-refractivity contribution is 5.76. The Kier molecular flexibility index (Phi) is 1.33. The Hall–Kier alpha value is -0.790. The molecular formula is C6H9NO. The van der Waals surface area contributed by atoms with Crippen LogP contribution in [0, 0.1) is 0 Å². The van der Waals surface area contributed by atoms with Crippen LogP contribution in [0.25, 0.3) is 0 Å². The molecule has 0 saturated carbocycles. The summed E-state index contributed by atoms with van der Waals surface area (Å²) in [6, 6.07) is 0. The quantitative estimate of drug-likeness (QED) is 0.520. The Morgan fingerprint density at radius 2 is 2.50 bits per heavy atom. The lowest BCUT2D eigenvalue weighted by atomic mass is 9.96. The summed E-state index contributed by atoms with van der Waals surface area (Å²) >= 11 is 0. The van der Waals surface area contributed by atoms with E-state index in [9.17, 15) is 4.79 Å². The van der Waals surface area contributed by atoms with Crippen molar-refractivity contribution in [2.45, 2.75) is 19.3 Å². The largest absolute Gasteiger partial charge is 0.369 e. The minimum atomic E-state index is -0.212. The highest BCUT2D eigenvalue weighted by atomic mass is 16.1. The third kappa shape index (κ3) is 1.09. The van der Waals surface area contributed by atoms with Gasteiger partial charge in [0, 0.05) is 6.42 Å². The number of hydrogen-bond acceptors (Lipinski definition) is 1. The fourth-order valence-electron chi connectivity index (χ4n) is 0.733. The number of rotatable bonds is 2. The van der Waals surface area contributed by atoms with Gasteiger partial charge in [-0.1, -0.05) is 11.6 Å². The van der Waals surface area contributed by atoms with Crippen molar-refractivity contribution in [2.75, 3.05) is 0 Å². The number of carbonyl (C=O) groups is 1. The van der Waals surface area contributed by atoms with Gasteiger partial charge in [0.05, 0.1) is 0 Å². The maximum Gasteiger partial charge on any atom is 0.221 e. The van der Waals surface area contributed by atoms with Crippen molar-refractivity contribution in [3.05, 3.63) is 11.6 Å². The molecule has 44 valence electrons. The van der Waals surface area contributed by atoms with Crippen LogP contribution in [0.15, 0.2) is 11.6 Å². The summed E-state index contributed by atoms with van der Waals surface area (Å²) in [6.07, 6.45) is 4.73. The van der Waals surface area contributed by atoms with Crippen LogP contribution in [0.4, 0.5) is 0 Å². The van der Waals surface area contributed by atoms with Gasteiger partial charge >= 0.3 is 0 Å². The highest BCUT2D eigenvalue weighted by Crippen LogP contribution is 2.20. The lowest BCUT2D eigenvalue weighted by Gasteiger charge is -2.10. The van der Waals surface area contributed by atoms with Crippen LogP contribution in [0.3, 0.4) is 0 Å². The average molecular weight is 111 g/mol. The molecule has 0 aromatic rings. The molecule has 0 aliphatic heterocycles. The minimum absolute atomic E-state index is 0.212. The van der Waals surface area contributed by atoms with E-state index in [-0.39, 0.29) is 5.91 Å². The van der Waals surface area contributed by atoms with Gasteiger partial charge in [-0.25, -0.2) is 0 Å². The summed E-state index contributed by atoms with van der Waals surface area (Å²) in [6.45, 7) is 0. The van der Waals surface area contributed by atoms with Gasteiger partial charge < -0.3 is 5.73 Å². The Labute approximate surface area is 48.4 Å². The zero-order valence-corrected chi connectivity index (χ0v) is 4.68. The van der Waals surface area contributed by atoms with Crippen LogP contribution >= 0.6 is 0 Å². The predicted molar refractivity (Wildman–Crippen MR) is 31.1 cm³/mol. The van der Waals surface area contributed by atoms with E-state index in [1.54, 1.807) is 0 Å². The first-order valence-electron chi connectivity index (χ1n) is 2.75. The van der Waals surface area contributed by atoms with Gasteiger partial charge in [0.25, 0.3) is 0 Å². The van der Waals surface area contributed by atoms with Crippen LogP contribution in [0.2, 0.25) is 0 Å². The molecule has 1 aliphatic carbocycles. The van der Waals surface area contributed by atoms with Crippen LogP contribution in [-0.2, 0) is 4.79 Å². The van der Waals surface area contributed by atoms with E-state index in [1.807, 2.05) is 0 Å². The lowest BCUT2D eigenvalue weighted by Crippen LogP contribution is -2.12. The molecular weight excluding hydrogens is 102 g/mol. The van der Waals surface area contributed by atoms with Gasteiger partial charge in [0.15, 0.2) is 0 Å². The molecule has 1 rings (SSSR count). The van der Waals surface area contributed by atoms with Crippen LogP contribution in [-0.4, -0.2) is 5.91 Å². The van der Waals surface area contributed by atoms with Crippen molar-refractivity contribution >= 4 is 5.91 Å². The maximum absolute atomic E-state index is 10.2. The number of allylic oxidation sites excluding steroid dienone is 1. The summed E-state index contributed by atoms with van der Waals surface area (Å²) in [4.78, 5) is 10.2. The summed E-state index contributed by atoms with van der Waals surface area (Å²) in [5.74, 6) is -0.212. The monoisotopic (exact) mass is 111 g/mol. The van der Waals surface area contributed by atoms with Gasteiger partial charge in [0.2, 0.25) is 5.91 Å². The smallest absolute Gasteiger partial charge is 0.221 e. The topological polar surface area (TPSA) is 43.1 Å². The second-order valence-electron chi connectivity index (χ2n) is 2.04. The van der Waals surface area contributed by atoms with Crippen LogP contribution in [0.1, 0.15) is 19.3 Å². The van der Waals surface area contributed by atoms with Gasteiger partial charge in [0.1, 0.15) is 0 Å². The van der Waals surface area contributed by atoms with Crippen molar-refractivity contribution in [1.29, 1.82) is 0 Å². The Balaban J connectivity index is 2.29. The fourth-order valence-corrected chi connectivity index (χ4v) is 0.733. The number of nitrogens with two attached hydrogens (primary N) is 1. The van der Waals surface area contributed by atoms with Gasteiger partial charge in [-0.2, -0.15) is 0 Å². The fraction of sp³-hybridized carbons (Fsp3) is 0.500. The van der Waals surface area contributed by atoms with Crippen molar-refractivity contribution in [3.8, 4) is 0 Å². The van der Waals surface area contributed by atoms with Gasteiger partial charge in [-0.05, 0) is 12.8 Å². The molecule has 0 spiro atoms. The van der Waals surface area contributed by atoms with Crippen molar-refractivity contribution in [2.24, 2.45) is 5.73 Å². The molecule has 0 fully saturated rings. The molecule has 0 bridgehead atoms. The molecule has 0 aromatic heterocycles. The Morgan fingerprint density at radius 1 is 1.88 bits per heavy atom. The third-order valence-corrected chi connectivity index (χ3v) is 1.30. The molecule has 1 aliphatic rings. The normalized spacial score (nSPS) is 16.8. The zero-order chi connectivity index (χ0) is 5.98. The van der Waals surface area contributed by atoms with E-state index in [4.69, 9.17) is 5.73 Å². The molecule has 0 saturated heterocycles. The molecule has 0 heterocycles. The molecule has 0 atom stereocenters. The molecule has 1 amide bonds. The van der Waals surface area contributed by atoms with E-state index in [0.717, 1.165) is 12.8 Å². The molecule has 0 unspecified atom stereocenters. The minimum Gasteiger partial charge on any atom is -0.369 e. The molecule has 0 radical (unpaired) electrons. The molecule has 2 heteroatoms. The molecule has 2 N–H and O–H groups in total. The third-order valence-electron chi connectivity index (χ3n) is 1.30. The Bertz CT molecular complexity index is 137. The second kappa shape index (κ2) is 1.99. The summed E-state index contributed by atoms with van der Waals surface area (Å²) in [7, 11) is 0. The first-order valence-corrected chi connectivity index (χ1v) is 2.75. The summed E-state index contributed by atoms with van der Waals surface area (Å²) < 4.78 is 0. The van der Waals surface area contributed by atoms with E-state index < -0.39 is 0 Å². The number of hydrogen-bond donors (Lipinski definition) is 1. The van der Waals surface area contributed by atoms with Crippen molar-refractivity contribution in [1.82, 2.24) is 0 Å². The van der Waals surface area contributed by atoms with Crippen molar-refractivity contribution in [3.63, 3.8) is 0 Å². The van der Waals surface area contributed by atoms with E-state index in [0.29, 0.717) is 6.42 Å². The zero-order valence-electron chi connectivity index (χ0n) is 4.68. The molecule has 0 aromatic carbocycles. The van der Waals surface area contributed by atoms with E-state index >= 15 is 0 Å². The number of primary amides is 1. The second-order valence-corrected chi connectivity index (χ2v) is 2.04. The first kappa shape index (κ1) is 5.35. The standard InChI is InChI=1S/C6H9NO/c7-6(8)4-5-2-1-3-5/h2H,1,3-4H2,(H2,7,8). The summed E-state index contributed by atoms with van der Waals surface area (Å²) in [5, 5.41) is 0. The molecule has 8 heavy (non-hydrogen) atoms. The Morgan fingerprint density at radius 3 is 2.62 bits per heavy atom. The summed E-state index contributed by atoms with van der Waals surface area (Å²) in [5.41, 5.74) is 6.13. The van der Waals surface area contributed by atoms with Gasteiger partial charge in [-0.15, -0.1) is 0 Å². The molecule has 2 nitrogen and oxygen atoms in total. The van der Waals surface area contributed by atoms with Gasteiger partial charge in [-0.3, -0.25) is 4.79 Å². The van der Waals surface area contributed by atoms with Crippen molar-refractivity contribution < 1.29 is 4.79 Å². The number of carbonyl (C=O) groups excluding carboxylic acids is 1. The lowest BCUT2D eigenvalue weighted by molar-refractivity contribution is -0.117. The van der Waals surface area contributed by atoms with Crippen LogP contribution in [0.5, 0.6) is 0 Å². The number of amides is 1. The van der Waals surface area contributed by atoms with E-state index in [1.165, 1.54) is 5.57 Å². The SMILES string of the molecule is NC(=O)CC1=CCC1. The van der Waals surface area contributed by atoms with Crippen LogP contribution < -0.4 is 5.73 Å². The van der Waals surface area contributed by atoms with E-state index in [2.05, 4.69) is 6.08 Å². The first-order chi connectivity index (χ1) is 3.79. The maximum atomic E-state index is 10.2.